The lowest BCUT2D eigenvalue weighted by Gasteiger charge is -2.09. The van der Waals surface area contributed by atoms with Crippen LogP contribution in [0.1, 0.15) is 97.3 Å². The number of carbonyl (C=O) groups is 1. The molecule has 7 nitrogen and oxygen atoms in total. The van der Waals surface area contributed by atoms with Gasteiger partial charge in [0.2, 0.25) is 5.91 Å². The summed E-state index contributed by atoms with van der Waals surface area (Å²) in [4.78, 5) is 11.7. The van der Waals surface area contributed by atoms with E-state index >= 15 is 0 Å². The Balaban J connectivity index is 3.08. The first-order valence-corrected chi connectivity index (χ1v) is 14.6. The van der Waals surface area contributed by atoms with Gasteiger partial charge in [0.15, 0.2) is 0 Å². The zero-order valence-electron chi connectivity index (χ0n) is 22.9. The van der Waals surface area contributed by atoms with Crippen molar-refractivity contribution in [3.63, 3.8) is 0 Å². The molecule has 1 amide bonds. The van der Waals surface area contributed by atoms with E-state index in [4.69, 9.17) is 0 Å². The summed E-state index contributed by atoms with van der Waals surface area (Å²) in [7, 11) is 0. The zero-order valence-corrected chi connectivity index (χ0v) is 22.9. The normalized spacial score (nSPS) is 11.2. The molecule has 0 aliphatic heterocycles. The summed E-state index contributed by atoms with van der Waals surface area (Å²) in [5.41, 5.74) is 0. The third kappa shape index (κ3) is 29.3. The van der Waals surface area contributed by atoms with Crippen molar-refractivity contribution in [2.24, 2.45) is 0 Å². The van der Waals surface area contributed by atoms with Crippen LogP contribution in [0.4, 0.5) is 0 Å². The highest BCUT2D eigenvalue weighted by molar-refractivity contribution is 5.75. The Bertz CT molecular complexity index is 397. The molecule has 0 unspecified atom stereocenters. The standard InChI is InChI=1S/C27H60N6O/c1-3-5-7-9-10-12-14-16-28-17-18-29-19-20-30-21-22-31-23-24-32-25-26-33-27(34)15-13-11-8-6-4-2/h28-32H,3-26H2,1-2H3,(H,33,34). The zero-order chi connectivity index (χ0) is 24.8. The molecule has 0 aromatic heterocycles. The predicted octanol–water partition coefficient (Wildman–Crippen LogP) is 3.16. The lowest BCUT2D eigenvalue weighted by molar-refractivity contribution is -0.121. The number of unbranched alkanes of at least 4 members (excludes halogenated alkanes) is 10. The third-order valence-electron chi connectivity index (χ3n) is 6.00. The summed E-state index contributed by atoms with van der Waals surface area (Å²) >= 11 is 0. The molecular weight excluding hydrogens is 424 g/mol. The number of nitrogens with one attached hydrogen (secondary N) is 6. The van der Waals surface area contributed by atoms with Crippen LogP contribution >= 0.6 is 0 Å². The van der Waals surface area contributed by atoms with Crippen molar-refractivity contribution >= 4 is 5.91 Å². The van der Waals surface area contributed by atoms with Crippen molar-refractivity contribution in [1.29, 1.82) is 0 Å². The molecular formula is C27H60N6O. The lowest BCUT2D eigenvalue weighted by atomic mass is 10.1. The van der Waals surface area contributed by atoms with Gasteiger partial charge in [-0.3, -0.25) is 4.79 Å². The first kappa shape index (κ1) is 33.3. The molecule has 0 heterocycles. The van der Waals surface area contributed by atoms with Gasteiger partial charge < -0.3 is 31.9 Å². The fourth-order valence-electron chi connectivity index (χ4n) is 3.81. The van der Waals surface area contributed by atoms with Gasteiger partial charge in [-0.25, -0.2) is 0 Å². The number of rotatable bonds is 29. The molecule has 7 heteroatoms. The number of amides is 1. The molecule has 0 saturated heterocycles. The molecule has 0 saturated carbocycles. The molecule has 0 aliphatic carbocycles. The van der Waals surface area contributed by atoms with Gasteiger partial charge in [-0.05, 0) is 19.4 Å². The predicted molar refractivity (Wildman–Crippen MR) is 149 cm³/mol. The first-order valence-electron chi connectivity index (χ1n) is 14.6. The lowest BCUT2D eigenvalue weighted by Crippen LogP contribution is -2.37. The molecule has 0 aliphatic rings. The fourth-order valence-corrected chi connectivity index (χ4v) is 3.81. The summed E-state index contributed by atoms with van der Waals surface area (Å²) < 4.78 is 0. The van der Waals surface area contributed by atoms with Gasteiger partial charge in [0.25, 0.3) is 0 Å². The number of carbonyl (C=O) groups excluding carboxylic acids is 1. The third-order valence-corrected chi connectivity index (χ3v) is 6.00. The summed E-state index contributed by atoms with van der Waals surface area (Å²) in [6, 6.07) is 0. The van der Waals surface area contributed by atoms with E-state index in [9.17, 15) is 4.79 Å². The quantitative estimate of drug-likeness (QED) is 0.0915. The summed E-state index contributed by atoms with van der Waals surface area (Å²) in [6.45, 7) is 15.2. The van der Waals surface area contributed by atoms with E-state index in [0.717, 1.165) is 78.4 Å². The molecule has 0 bridgehead atoms. The Hall–Kier alpha value is -0.730. The van der Waals surface area contributed by atoms with Crippen LogP contribution in [-0.4, -0.2) is 77.9 Å². The van der Waals surface area contributed by atoms with Crippen molar-refractivity contribution in [2.45, 2.75) is 97.3 Å². The highest BCUT2D eigenvalue weighted by Gasteiger charge is 2.00. The van der Waals surface area contributed by atoms with Crippen LogP contribution in [0.5, 0.6) is 0 Å². The smallest absolute Gasteiger partial charge is 0.220 e. The van der Waals surface area contributed by atoms with Crippen LogP contribution in [0.15, 0.2) is 0 Å². The molecule has 0 aromatic rings. The van der Waals surface area contributed by atoms with Crippen molar-refractivity contribution in [2.75, 3.05) is 72.0 Å². The van der Waals surface area contributed by atoms with Crippen LogP contribution < -0.4 is 31.9 Å². The van der Waals surface area contributed by atoms with E-state index in [1.54, 1.807) is 0 Å². The summed E-state index contributed by atoms with van der Waals surface area (Å²) in [6.07, 6.45) is 16.3. The van der Waals surface area contributed by atoms with Crippen molar-refractivity contribution in [1.82, 2.24) is 31.9 Å². The molecule has 0 spiro atoms. The van der Waals surface area contributed by atoms with Crippen LogP contribution in [0.25, 0.3) is 0 Å². The highest BCUT2D eigenvalue weighted by atomic mass is 16.1. The Kier molecular flexibility index (Phi) is 29.7. The van der Waals surface area contributed by atoms with E-state index in [1.165, 1.54) is 70.6 Å². The van der Waals surface area contributed by atoms with Crippen molar-refractivity contribution < 1.29 is 4.79 Å². The number of hydrogen-bond acceptors (Lipinski definition) is 6. The number of hydrogen-bond donors (Lipinski definition) is 6. The SMILES string of the molecule is CCCCCCCCCNCCNCCNCCNCCNCCNC(=O)CCCCCCC. The average Bonchev–Trinajstić information content (AvgIpc) is 2.84. The summed E-state index contributed by atoms with van der Waals surface area (Å²) in [5.74, 6) is 0.191. The van der Waals surface area contributed by atoms with Crippen molar-refractivity contribution in [3.05, 3.63) is 0 Å². The second-order valence-electron chi connectivity index (χ2n) is 9.39. The first-order chi connectivity index (χ1) is 16.8. The van der Waals surface area contributed by atoms with Crippen LogP contribution in [0.2, 0.25) is 0 Å². The van der Waals surface area contributed by atoms with E-state index in [0.29, 0.717) is 6.42 Å². The highest BCUT2D eigenvalue weighted by Crippen LogP contribution is 2.06. The van der Waals surface area contributed by atoms with Gasteiger partial charge in [0.05, 0.1) is 0 Å². The van der Waals surface area contributed by atoms with Gasteiger partial charge in [0, 0.05) is 71.9 Å². The molecule has 0 radical (unpaired) electrons. The van der Waals surface area contributed by atoms with Gasteiger partial charge in [-0.15, -0.1) is 0 Å². The van der Waals surface area contributed by atoms with Crippen molar-refractivity contribution in [3.8, 4) is 0 Å². The second kappa shape index (κ2) is 30.3. The molecule has 34 heavy (non-hydrogen) atoms. The Morgan fingerprint density at radius 3 is 1.24 bits per heavy atom. The molecule has 6 N–H and O–H groups in total. The Morgan fingerprint density at radius 2 is 0.765 bits per heavy atom. The van der Waals surface area contributed by atoms with E-state index < -0.39 is 0 Å². The van der Waals surface area contributed by atoms with E-state index in [2.05, 4.69) is 45.7 Å². The fraction of sp³-hybridized carbons (Fsp3) is 0.963. The second-order valence-corrected chi connectivity index (χ2v) is 9.39. The Labute approximate surface area is 212 Å². The Morgan fingerprint density at radius 1 is 0.412 bits per heavy atom. The molecule has 204 valence electrons. The molecule has 0 fully saturated rings. The maximum atomic E-state index is 11.7. The van der Waals surface area contributed by atoms with Crippen LogP contribution in [0.3, 0.4) is 0 Å². The molecule has 0 aromatic carbocycles. The monoisotopic (exact) mass is 484 g/mol. The maximum Gasteiger partial charge on any atom is 0.220 e. The van der Waals surface area contributed by atoms with E-state index in [1.807, 2.05) is 0 Å². The minimum absolute atomic E-state index is 0.191. The van der Waals surface area contributed by atoms with Crippen LogP contribution in [-0.2, 0) is 4.79 Å². The van der Waals surface area contributed by atoms with Crippen LogP contribution in [0, 0.1) is 0 Å². The topological polar surface area (TPSA) is 89.2 Å². The maximum absolute atomic E-state index is 11.7. The van der Waals surface area contributed by atoms with E-state index in [-0.39, 0.29) is 5.91 Å². The molecule has 0 atom stereocenters. The van der Waals surface area contributed by atoms with Gasteiger partial charge in [0.1, 0.15) is 0 Å². The van der Waals surface area contributed by atoms with Gasteiger partial charge in [-0.1, -0.05) is 78.1 Å². The van der Waals surface area contributed by atoms with Gasteiger partial charge >= 0.3 is 0 Å². The average molecular weight is 485 g/mol. The summed E-state index contributed by atoms with van der Waals surface area (Å²) in [5, 5.41) is 20.3. The minimum atomic E-state index is 0.191. The van der Waals surface area contributed by atoms with Gasteiger partial charge in [-0.2, -0.15) is 0 Å². The molecule has 0 rings (SSSR count). The largest absolute Gasteiger partial charge is 0.355 e. The minimum Gasteiger partial charge on any atom is -0.355 e.